The van der Waals surface area contributed by atoms with E-state index in [1.54, 1.807) is 0 Å². The van der Waals surface area contributed by atoms with Gasteiger partial charge >= 0.3 is 5.97 Å². The quantitative estimate of drug-likeness (QED) is 0.878. The van der Waals surface area contributed by atoms with Gasteiger partial charge in [0.2, 0.25) is 0 Å². The molecule has 0 amide bonds. The number of hydrogen-bond acceptors (Lipinski definition) is 4. The van der Waals surface area contributed by atoms with Crippen molar-refractivity contribution in [3.05, 3.63) is 40.2 Å². The first-order valence-electron chi connectivity index (χ1n) is 7.90. The Hall–Kier alpha value is -2.81. The number of hydrogen-bond donors (Lipinski definition) is 1. The van der Waals surface area contributed by atoms with Crippen molar-refractivity contribution in [1.29, 1.82) is 5.26 Å². The lowest BCUT2D eigenvalue weighted by Gasteiger charge is -2.11. The second kappa shape index (κ2) is 7.18. The topological polar surface area (TPSA) is 88.1 Å². The molecule has 0 saturated carbocycles. The van der Waals surface area contributed by atoms with E-state index >= 15 is 0 Å². The first-order chi connectivity index (χ1) is 11.4. The van der Waals surface area contributed by atoms with E-state index in [1.165, 1.54) is 4.68 Å². The molecule has 1 aromatic heterocycles. The number of carbonyl (C=O) groups is 1. The summed E-state index contributed by atoms with van der Waals surface area (Å²) in [5.41, 5.74) is 3.83. The largest absolute Gasteiger partial charge is 0.480 e. The van der Waals surface area contributed by atoms with Gasteiger partial charge in [-0.3, -0.25) is 9.48 Å². The molecular weight excluding hydrogens is 306 g/mol. The van der Waals surface area contributed by atoms with Crippen molar-refractivity contribution < 1.29 is 14.6 Å². The number of aliphatic carboxylic acids is 1. The fourth-order valence-corrected chi connectivity index (χ4v) is 2.76. The van der Waals surface area contributed by atoms with Crippen LogP contribution in [0.25, 0.3) is 0 Å². The van der Waals surface area contributed by atoms with Crippen LogP contribution in [0.15, 0.2) is 12.1 Å². The van der Waals surface area contributed by atoms with Crippen LogP contribution in [-0.4, -0.2) is 20.9 Å². The van der Waals surface area contributed by atoms with Crippen LogP contribution in [0.5, 0.6) is 11.5 Å². The van der Waals surface area contributed by atoms with Crippen LogP contribution < -0.4 is 4.74 Å². The molecule has 0 atom stereocenters. The van der Waals surface area contributed by atoms with Crippen LogP contribution in [0, 0.1) is 25.2 Å². The highest BCUT2D eigenvalue weighted by molar-refractivity contribution is 5.66. The number of aryl methyl sites for hydroxylation is 3. The number of rotatable bonds is 6. The van der Waals surface area contributed by atoms with Crippen molar-refractivity contribution in [2.24, 2.45) is 0 Å². The molecule has 0 spiro atoms. The first kappa shape index (κ1) is 17.5. The van der Waals surface area contributed by atoms with E-state index in [0.29, 0.717) is 29.9 Å². The molecule has 0 saturated heterocycles. The number of nitrogens with zero attached hydrogens (tertiary/aromatic N) is 3. The summed E-state index contributed by atoms with van der Waals surface area (Å²) >= 11 is 0. The molecule has 0 aliphatic carbocycles. The zero-order chi connectivity index (χ0) is 17.9. The van der Waals surface area contributed by atoms with Crippen molar-refractivity contribution in [2.45, 2.75) is 47.1 Å². The molecule has 0 aliphatic rings. The average Bonchev–Trinajstić information content (AvgIpc) is 2.82. The Morgan fingerprint density at radius 1 is 1.29 bits per heavy atom. The lowest BCUT2D eigenvalue weighted by atomic mass is 10.0. The van der Waals surface area contributed by atoms with E-state index in [4.69, 9.17) is 9.84 Å². The lowest BCUT2D eigenvalue weighted by molar-refractivity contribution is -0.137. The van der Waals surface area contributed by atoms with Crippen molar-refractivity contribution in [3.63, 3.8) is 0 Å². The normalized spacial score (nSPS) is 10.5. The first-order valence-corrected chi connectivity index (χ1v) is 7.90. The molecule has 2 aromatic rings. The standard InChI is InChI=1S/C18H21N3O3/c1-5-15-18(16(6-2)21(20-15)10-17(22)23)24-13-7-11(3)14(9-19)12(4)8-13/h7-8H,5-6,10H2,1-4H3,(H,22,23). The van der Waals surface area contributed by atoms with Crippen molar-refractivity contribution in [1.82, 2.24) is 9.78 Å². The fourth-order valence-electron chi connectivity index (χ4n) is 2.76. The van der Waals surface area contributed by atoms with Crippen LogP contribution in [0.1, 0.15) is 41.9 Å². The number of aromatic nitrogens is 2. The molecule has 0 aliphatic heterocycles. The lowest BCUT2D eigenvalue weighted by Crippen LogP contribution is -2.13. The molecule has 6 heteroatoms. The number of ether oxygens (including phenoxy) is 1. The summed E-state index contributed by atoms with van der Waals surface area (Å²) in [6.07, 6.45) is 1.26. The Bertz CT molecular complexity index is 793. The molecule has 126 valence electrons. The van der Waals surface area contributed by atoms with Crippen LogP contribution in [0.4, 0.5) is 0 Å². The maximum atomic E-state index is 11.0. The zero-order valence-electron chi connectivity index (χ0n) is 14.4. The van der Waals surface area contributed by atoms with Gasteiger partial charge in [-0.1, -0.05) is 13.8 Å². The second-order valence-electron chi connectivity index (χ2n) is 5.63. The maximum absolute atomic E-state index is 11.0. The van der Waals surface area contributed by atoms with E-state index in [0.717, 1.165) is 22.5 Å². The van der Waals surface area contributed by atoms with Gasteiger partial charge in [0, 0.05) is 0 Å². The molecule has 0 bridgehead atoms. The molecule has 2 rings (SSSR count). The van der Waals surface area contributed by atoms with Gasteiger partial charge in [0.1, 0.15) is 18.0 Å². The van der Waals surface area contributed by atoms with Gasteiger partial charge in [-0.2, -0.15) is 10.4 Å². The van der Waals surface area contributed by atoms with Gasteiger partial charge in [0.25, 0.3) is 0 Å². The summed E-state index contributed by atoms with van der Waals surface area (Å²) in [5, 5.41) is 22.6. The summed E-state index contributed by atoms with van der Waals surface area (Å²) in [6, 6.07) is 5.82. The van der Waals surface area contributed by atoms with Crippen LogP contribution >= 0.6 is 0 Å². The van der Waals surface area contributed by atoms with Gasteiger partial charge in [0.05, 0.1) is 17.3 Å². The highest BCUT2D eigenvalue weighted by Gasteiger charge is 2.19. The van der Waals surface area contributed by atoms with Gasteiger partial charge in [0.15, 0.2) is 5.75 Å². The minimum absolute atomic E-state index is 0.190. The molecule has 0 unspecified atom stereocenters. The molecule has 0 radical (unpaired) electrons. The number of nitriles is 1. The minimum Gasteiger partial charge on any atom is -0.480 e. The highest BCUT2D eigenvalue weighted by Crippen LogP contribution is 2.32. The Balaban J connectivity index is 2.47. The van der Waals surface area contributed by atoms with E-state index in [9.17, 15) is 10.1 Å². The third-order valence-corrected chi connectivity index (χ3v) is 3.87. The Labute approximate surface area is 141 Å². The van der Waals surface area contributed by atoms with Gasteiger partial charge < -0.3 is 9.84 Å². The second-order valence-corrected chi connectivity index (χ2v) is 5.63. The fraction of sp³-hybridized carbons (Fsp3) is 0.389. The highest BCUT2D eigenvalue weighted by atomic mass is 16.5. The smallest absolute Gasteiger partial charge is 0.325 e. The predicted octanol–water partition coefficient (Wildman–Crippen LogP) is 3.37. The maximum Gasteiger partial charge on any atom is 0.325 e. The third kappa shape index (κ3) is 3.40. The summed E-state index contributed by atoms with van der Waals surface area (Å²) in [5.74, 6) is 0.305. The molecular formula is C18H21N3O3. The monoisotopic (exact) mass is 327 g/mol. The zero-order valence-corrected chi connectivity index (χ0v) is 14.4. The number of carboxylic acids is 1. The van der Waals surface area contributed by atoms with Crippen molar-refractivity contribution >= 4 is 5.97 Å². The SMILES string of the molecule is CCc1nn(CC(=O)O)c(CC)c1Oc1cc(C)c(C#N)c(C)c1. The summed E-state index contributed by atoms with van der Waals surface area (Å²) in [7, 11) is 0. The number of benzene rings is 1. The van der Waals surface area contributed by atoms with Crippen molar-refractivity contribution in [3.8, 4) is 17.6 Å². The van der Waals surface area contributed by atoms with Gasteiger partial charge in [-0.25, -0.2) is 0 Å². The molecule has 0 fully saturated rings. The average molecular weight is 327 g/mol. The van der Waals surface area contributed by atoms with E-state index in [-0.39, 0.29) is 6.54 Å². The number of carboxylic acid groups (broad SMARTS) is 1. The predicted molar refractivity (Wildman–Crippen MR) is 89.3 cm³/mol. The van der Waals surface area contributed by atoms with Gasteiger partial charge in [-0.05, 0) is 49.9 Å². The van der Waals surface area contributed by atoms with Crippen molar-refractivity contribution in [2.75, 3.05) is 0 Å². The van der Waals surface area contributed by atoms with Crippen LogP contribution in [0.3, 0.4) is 0 Å². The van der Waals surface area contributed by atoms with Crippen LogP contribution in [0.2, 0.25) is 0 Å². The summed E-state index contributed by atoms with van der Waals surface area (Å²) in [6.45, 7) is 7.44. The molecule has 1 aromatic carbocycles. The summed E-state index contributed by atoms with van der Waals surface area (Å²) < 4.78 is 7.55. The third-order valence-electron chi connectivity index (χ3n) is 3.87. The van der Waals surface area contributed by atoms with E-state index < -0.39 is 5.97 Å². The molecule has 1 heterocycles. The van der Waals surface area contributed by atoms with E-state index in [2.05, 4.69) is 11.2 Å². The minimum atomic E-state index is -0.938. The van der Waals surface area contributed by atoms with E-state index in [1.807, 2.05) is 39.8 Å². The Morgan fingerprint density at radius 3 is 2.38 bits per heavy atom. The molecule has 24 heavy (non-hydrogen) atoms. The summed E-state index contributed by atoms with van der Waals surface area (Å²) in [4.78, 5) is 11.0. The Kier molecular flexibility index (Phi) is 5.24. The van der Waals surface area contributed by atoms with Crippen LogP contribution in [-0.2, 0) is 24.2 Å². The molecule has 6 nitrogen and oxygen atoms in total. The molecule has 1 N–H and O–H groups in total. The van der Waals surface area contributed by atoms with Gasteiger partial charge in [-0.15, -0.1) is 0 Å². The Morgan fingerprint density at radius 2 is 1.92 bits per heavy atom.